The predicted octanol–water partition coefficient (Wildman–Crippen LogP) is 2.58. The van der Waals surface area contributed by atoms with Crippen LogP contribution < -0.4 is 10.6 Å². The van der Waals surface area contributed by atoms with Crippen molar-refractivity contribution >= 4 is 11.6 Å². The monoisotopic (exact) mass is 247 g/mol. The van der Waals surface area contributed by atoms with E-state index < -0.39 is 0 Å². The van der Waals surface area contributed by atoms with Gasteiger partial charge in [-0.15, -0.1) is 0 Å². The van der Waals surface area contributed by atoms with Crippen molar-refractivity contribution in [2.45, 2.75) is 45.1 Å². The highest BCUT2D eigenvalue weighted by atomic mass is 16.1. The topological polar surface area (TPSA) is 54.0 Å². The fourth-order valence-electron chi connectivity index (χ4n) is 2.27. The number of carbonyl (C=O) groups excluding carboxylic acids is 1. The SMILES string of the molecule is CCCNc1cncc(C(=O)NC2CCCC2)c1. The van der Waals surface area contributed by atoms with Gasteiger partial charge >= 0.3 is 0 Å². The average molecular weight is 247 g/mol. The van der Waals surface area contributed by atoms with E-state index in [4.69, 9.17) is 0 Å². The molecule has 1 fully saturated rings. The lowest BCUT2D eigenvalue weighted by atomic mass is 10.2. The van der Waals surface area contributed by atoms with Gasteiger partial charge in [0, 0.05) is 25.0 Å². The minimum atomic E-state index is -0.00505. The van der Waals surface area contributed by atoms with Gasteiger partial charge in [0.15, 0.2) is 0 Å². The molecule has 1 amide bonds. The van der Waals surface area contributed by atoms with Crippen molar-refractivity contribution in [2.75, 3.05) is 11.9 Å². The molecule has 98 valence electrons. The van der Waals surface area contributed by atoms with Gasteiger partial charge in [-0.3, -0.25) is 9.78 Å². The molecule has 1 aromatic rings. The Morgan fingerprint density at radius 3 is 2.89 bits per heavy atom. The third-order valence-corrected chi connectivity index (χ3v) is 3.27. The van der Waals surface area contributed by atoms with Gasteiger partial charge in [-0.05, 0) is 25.3 Å². The van der Waals surface area contributed by atoms with E-state index in [2.05, 4.69) is 22.5 Å². The first-order valence-electron chi connectivity index (χ1n) is 6.79. The maximum Gasteiger partial charge on any atom is 0.253 e. The van der Waals surface area contributed by atoms with Crippen LogP contribution in [0.4, 0.5) is 5.69 Å². The highest BCUT2D eigenvalue weighted by Crippen LogP contribution is 2.18. The highest BCUT2D eigenvalue weighted by molar-refractivity contribution is 5.94. The number of hydrogen-bond donors (Lipinski definition) is 2. The number of carbonyl (C=O) groups is 1. The van der Waals surface area contributed by atoms with Crippen LogP contribution in [0.5, 0.6) is 0 Å². The largest absolute Gasteiger partial charge is 0.384 e. The van der Waals surface area contributed by atoms with Gasteiger partial charge in [-0.2, -0.15) is 0 Å². The summed E-state index contributed by atoms with van der Waals surface area (Å²) in [7, 11) is 0. The first-order valence-corrected chi connectivity index (χ1v) is 6.79. The Balaban J connectivity index is 1.96. The normalized spacial score (nSPS) is 15.6. The molecule has 0 radical (unpaired) electrons. The Morgan fingerprint density at radius 1 is 1.39 bits per heavy atom. The van der Waals surface area contributed by atoms with Gasteiger partial charge in [-0.25, -0.2) is 0 Å². The number of rotatable bonds is 5. The number of anilines is 1. The Hall–Kier alpha value is -1.58. The predicted molar refractivity (Wildman–Crippen MR) is 72.7 cm³/mol. The Kier molecular flexibility index (Phi) is 4.56. The third-order valence-electron chi connectivity index (χ3n) is 3.27. The summed E-state index contributed by atoms with van der Waals surface area (Å²) in [5, 5.41) is 6.31. The summed E-state index contributed by atoms with van der Waals surface area (Å²) < 4.78 is 0. The summed E-state index contributed by atoms with van der Waals surface area (Å²) in [6, 6.07) is 2.22. The van der Waals surface area contributed by atoms with Crippen LogP contribution in [-0.4, -0.2) is 23.5 Å². The fourth-order valence-corrected chi connectivity index (χ4v) is 2.27. The van der Waals surface area contributed by atoms with Crippen molar-refractivity contribution in [1.82, 2.24) is 10.3 Å². The first-order chi connectivity index (χ1) is 8.79. The van der Waals surface area contributed by atoms with Crippen LogP contribution in [0, 0.1) is 0 Å². The maximum atomic E-state index is 12.0. The highest BCUT2D eigenvalue weighted by Gasteiger charge is 2.18. The van der Waals surface area contributed by atoms with Crippen LogP contribution in [0.1, 0.15) is 49.4 Å². The second-order valence-electron chi connectivity index (χ2n) is 4.84. The number of amides is 1. The van der Waals surface area contributed by atoms with Crippen molar-refractivity contribution in [3.63, 3.8) is 0 Å². The summed E-state index contributed by atoms with van der Waals surface area (Å²) in [5.41, 5.74) is 1.55. The van der Waals surface area contributed by atoms with Crippen molar-refractivity contribution in [3.05, 3.63) is 24.0 Å². The summed E-state index contributed by atoms with van der Waals surface area (Å²) in [4.78, 5) is 16.2. The molecule has 0 atom stereocenters. The molecule has 0 bridgehead atoms. The molecular formula is C14H21N3O. The van der Waals surface area contributed by atoms with E-state index in [1.807, 2.05) is 6.07 Å². The Labute approximate surface area is 108 Å². The third kappa shape index (κ3) is 3.45. The number of hydrogen-bond acceptors (Lipinski definition) is 3. The number of aromatic nitrogens is 1. The molecular weight excluding hydrogens is 226 g/mol. The zero-order chi connectivity index (χ0) is 12.8. The molecule has 1 aliphatic carbocycles. The minimum absolute atomic E-state index is 0.00505. The second-order valence-corrected chi connectivity index (χ2v) is 4.84. The van der Waals surface area contributed by atoms with Gasteiger partial charge in [0.1, 0.15) is 0 Å². The fraction of sp³-hybridized carbons (Fsp3) is 0.571. The van der Waals surface area contributed by atoms with Crippen LogP contribution >= 0.6 is 0 Å². The van der Waals surface area contributed by atoms with E-state index in [-0.39, 0.29) is 5.91 Å². The molecule has 4 heteroatoms. The van der Waals surface area contributed by atoms with Gasteiger partial charge in [0.2, 0.25) is 0 Å². The molecule has 1 aliphatic rings. The summed E-state index contributed by atoms with van der Waals surface area (Å²) in [6.45, 7) is 3.01. The van der Waals surface area contributed by atoms with Crippen molar-refractivity contribution in [3.8, 4) is 0 Å². The second kappa shape index (κ2) is 6.38. The maximum absolute atomic E-state index is 12.0. The molecule has 4 nitrogen and oxygen atoms in total. The van der Waals surface area contributed by atoms with Crippen LogP contribution in [-0.2, 0) is 0 Å². The van der Waals surface area contributed by atoms with Crippen LogP contribution in [0.2, 0.25) is 0 Å². The summed E-state index contributed by atoms with van der Waals surface area (Å²) in [5.74, 6) is -0.00505. The lowest BCUT2D eigenvalue weighted by Gasteiger charge is -2.12. The molecule has 1 aromatic heterocycles. The molecule has 1 saturated carbocycles. The number of nitrogens with zero attached hydrogens (tertiary/aromatic N) is 1. The quantitative estimate of drug-likeness (QED) is 0.840. The van der Waals surface area contributed by atoms with Crippen LogP contribution in [0.25, 0.3) is 0 Å². The number of nitrogens with one attached hydrogen (secondary N) is 2. The lowest BCUT2D eigenvalue weighted by Crippen LogP contribution is -2.32. The van der Waals surface area contributed by atoms with Crippen LogP contribution in [0.3, 0.4) is 0 Å². The molecule has 0 saturated heterocycles. The van der Waals surface area contributed by atoms with Gasteiger partial charge in [-0.1, -0.05) is 19.8 Å². The molecule has 2 rings (SSSR count). The Morgan fingerprint density at radius 2 is 2.17 bits per heavy atom. The van der Waals surface area contributed by atoms with E-state index in [0.29, 0.717) is 11.6 Å². The summed E-state index contributed by atoms with van der Waals surface area (Å²) in [6.07, 6.45) is 9.09. The van der Waals surface area contributed by atoms with Gasteiger partial charge in [0.05, 0.1) is 11.3 Å². The van der Waals surface area contributed by atoms with Crippen molar-refractivity contribution in [1.29, 1.82) is 0 Å². The van der Waals surface area contributed by atoms with E-state index in [0.717, 1.165) is 31.5 Å². The smallest absolute Gasteiger partial charge is 0.253 e. The average Bonchev–Trinajstić information content (AvgIpc) is 2.89. The van der Waals surface area contributed by atoms with E-state index >= 15 is 0 Å². The molecule has 18 heavy (non-hydrogen) atoms. The van der Waals surface area contributed by atoms with E-state index in [1.54, 1.807) is 12.4 Å². The zero-order valence-electron chi connectivity index (χ0n) is 10.9. The molecule has 0 unspecified atom stereocenters. The Bertz CT molecular complexity index is 400. The molecule has 2 N–H and O–H groups in total. The van der Waals surface area contributed by atoms with Crippen molar-refractivity contribution < 1.29 is 4.79 Å². The summed E-state index contributed by atoms with van der Waals surface area (Å²) >= 11 is 0. The zero-order valence-corrected chi connectivity index (χ0v) is 10.9. The molecule has 0 aliphatic heterocycles. The van der Waals surface area contributed by atoms with Gasteiger partial charge < -0.3 is 10.6 Å². The van der Waals surface area contributed by atoms with Gasteiger partial charge in [0.25, 0.3) is 5.91 Å². The lowest BCUT2D eigenvalue weighted by molar-refractivity contribution is 0.0937. The molecule has 0 aromatic carbocycles. The first kappa shape index (κ1) is 12.9. The molecule has 1 heterocycles. The standard InChI is InChI=1S/C14H21N3O/c1-2-7-16-13-8-11(9-15-10-13)14(18)17-12-5-3-4-6-12/h8-10,12,16H,2-7H2,1H3,(H,17,18). The van der Waals surface area contributed by atoms with Crippen LogP contribution in [0.15, 0.2) is 18.5 Å². The number of pyridine rings is 1. The van der Waals surface area contributed by atoms with Crippen molar-refractivity contribution in [2.24, 2.45) is 0 Å². The van der Waals surface area contributed by atoms with E-state index in [1.165, 1.54) is 12.8 Å². The molecule has 0 spiro atoms. The van der Waals surface area contributed by atoms with E-state index in [9.17, 15) is 4.79 Å². The minimum Gasteiger partial charge on any atom is -0.384 e.